The first kappa shape index (κ1) is 13.4. The summed E-state index contributed by atoms with van der Waals surface area (Å²) in [6, 6.07) is 3.62. The molecule has 1 heterocycles. The molecule has 2 rings (SSSR count). The normalized spacial score (nSPS) is 21.2. The molecule has 1 aromatic carbocycles. The Morgan fingerprint density at radius 3 is 2.61 bits per heavy atom. The van der Waals surface area contributed by atoms with Gasteiger partial charge >= 0.3 is 0 Å². The van der Waals surface area contributed by atoms with Gasteiger partial charge in [-0.1, -0.05) is 19.9 Å². The average Bonchev–Trinajstić information content (AvgIpc) is 2.62. The van der Waals surface area contributed by atoms with Crippen LogP contribution in [0, 0.1) is 17.0 Å². The Labute approximate surface area is 107 Å². The maximum absolute atomic E-state index is 13.1. The minimum absolute atomic E-state index is 0.269. The first-order valence-corrected chi connectivity index (χ1v) is 6.30. The molecule has 0 aromatic heterocycles. The van der Waals surface area contributed by atoms with E-state index in [1.807, 2.05) is 0 Å². The van der Waals surface area contributed by atoms with E-state index in [0.29, 0.717) is 17.5 Å². The molecule has 0 bridgehead atoms. The lowest BCUT2D eigenvalue weighted by molar-refractivity contribution is 0.276. The predicted octanol–water partition coefficient (Wildman–Crippen LogP) is 2.70. The van der Waals surface area contributed by atoms with Gasteiger partial charge in [0.2, 0.25) is 0 Å². The van der Waals surface area contributed by atoms with E-state index in [9.17, 15) is 8.78 Å². The molecule has 18 heavy (non-hydrogen) atoms. The molecule has 0 spiro atoms. The first-order chi connectivity index (χ1) is 8.37. The summed E-state index contributed by atoms with van der Waals surface area (Å²) in [5, 5.41) is 0. The lowest BCUT2D eigenvalue weighted by atomic mass is 9.93. The van der Waals surface area contributed by atoms with E-state index in [2.05, 4.69) is 18.7 Å². The molecule has 4 heteroatoms. The van der Waals surface area contributed by atoms with Crippen molar-refractivity contribution in [1.29, 1.82) is 0 Å². The number of halogens is 2. The Morgan fingerprint density at radius 1 is 1.33 bits per heavy atom. The van der Waals surface area contributed by atoms with Gasteiger partial charge in [-0.15, -0.1) is 0 Å². The molecule has 0 aliphatic carbocycles. The molecule has 1 fully saturated rings. The third-order valence-corrected chi connectivity index (χ3v) is 3.58. The van der Waals surface area contributed by atoms with Gasteiger partial charge in [0.05, 0.1) is 0 Å². The number of rotatable bonds is 3. The fraction of sp³-hybridized carbons (Fsp3) is 0.571. The van der Waals surface area contributed by atoms with Crippen LogP contribution in [-0.2, 0) is 0 Å². The zero-order valence-electron chi connectivity index (χ0n) is 10.9. The van der Waals surface area contributed by atoms with Gasteiger partial charge < -0.3 is 10.6 Å². The summed E-state index contributed by atoms with van der Waals surface area (Å²) in [7, 11) is 0. The summed E-state index contributed by atoms with van der Waals surface area (Å²) < 4.78 is 26.0. The maximum Gasteiger partial charge on any atom is 0.159 e. The zero-order chi connectivity index (χ0) is 13.3. The van der Waals surface area contributed by atoms with Crippen molar-refractivity contribution in [2.75, 3.05) is 19.6 Å². The van der Waals surface area contributed by atoms with E-state index < -0.39 is 11.6 Å². The predicted molar refractivity (Wildman–Crippen MR) is 68.1 cm³/mol. The highest BCUT2D eigenvalue weighted by atomic mass is 19.2. The molecule has 0 saturated carbocycles. The summed E-state index contributed by atoms with van der Waals surface area (Å²) in [6.45, 7) is 7.18. The molecular formula is C14H20F2N2. The topological polar surface area (TPSA) is 29.3 Å². The Bertz CT molecular complexity index is 432. The molecule has 1 atom stereocenters. The van der Waals surface area contributed by atoms with Crippen molar-refractivity contribution in [3.8, 4) is 0 Å². The highest BCUT2D eigenvalue weighted by molar-refractivity contribution is 5.21. The van der Waals surface area contributed by atoms with Crippen LogP contribution in [0.4, 0.5) is 8.78 Å². The van der Waals surface area contributed by atoms with Gasteiger partial charge in [-0.05, 0) is 36.1 Å². The molecule has 0 radical (unpaired) electrons. The van der Waals surface area contributed by atoms with Crippen LogP contribution in [-0.4, -0.2) is 24.5 Å². The fourth-order valence-corrected chi connectivity index (χ4v) is 2.51. The Morgan fingerprint density at radius 2 is 2.06 bits per heavy atom. The molecule has 1 aliphatic heterocycles. The third-order valence-electron chi connectivity index (χ3n) is 3.58. The average molecular weight is 254 g/mol. The highest BCUT2D eigenvalue weighted by Gasteiger charge is 2.29. The SMILES string of the molecule is CC1(C)CCN(CC(N)c2ccc(F)c(F)c2)C1. The van der Waals surface area contributed by atoms with E-state index in [0.717, 1.165) is 25.6 Å². The summed E-state index contributed by atoms with van der Waals surface area (Å²) in [6.07, 6.45) is 1.15. The molecule has 2 N–H and O–H groups in total. The van der Waals surface area contributed by atoms with Crippen molar-refractivity contribution in [2.24, 2.45) is 11.1 Å². The van der Waals surface area contributed by atoms with E-state index in [1.165, 1.54) is 6.07 Å². The molecule has 0 amide bonds. The van der Waals surface area contributed by atoms with E-state index in [4.69, 9.17) is 5.73 Å². The van der Waals surface area contributed by atoms with Gasteiger partial charge in [0.1, 0.15) is 0 Å². The number of nitrogens with zero attached hydrogens (tertiary/aromatic N) is 1. The molecule has 1 aliphatic rings. The molecular weight excluding hydrogens is 234 g/mol. The monoisotopic (exact) mass is 254 g/mol. The van der Waals surface area contributed by atoms with Crippen LogP contribution in [0.15, 0.2) is 18.2 Å². The third kappa shape index (κ3) is 3.06. The van der Waals surface area contributed by atoms with Crippen molar-refractivity contribution < 1.29 is 8.78 Å². The fourth-order valence-electron chi connectivity index (χ4n) is 2.51. The van der Waals surface area contributed by atoms with Gasteiger partial charge in [-0.25, -0.2) is 8.78 Å². The highest BCUT2D eigenvalue weighted by Crippen LogP contribution is 2.29. The van der Waals surface area contributed by atoms with Crippen LogP contribution >= 0.6 is 0 Å². The van der Waals surface area contributed by atoms with E-state index in [1.54, 1.807) is 6.07 Å². The van der Waals surface area contributed by atoms with Crippen LogP contribution in [0.2, 0.25) is 0 Å². The maximum atomic E-state index is 13.1. The van der Waals surface area contributed by atoms with Crippen molar-refractivity contribution in [3.05, 3.63) is 35.4 Å². The summed E-state index contributed by atoms with van der Waals surface area (Å²) in [5.41, 5.74) is 7.03. The van der Waals surface area contributed by atoms with Gasteiger partial charge in [0.25, 0.3) is 0 Å². The van der Waals surface area contributed by atoms with Gasteiger partial charge in [0, 0.05) is 19.1 Å². The number of nitrogens with two attached hydrogens (primary N) is 1. The lowest BCUT2D eigenvalue weighted by Crippen LogP contribution is -2.31. The quantitative estimate of drug-likeness (QED) is 0.898. The van der Waals surface area contributed by atoms with Crippen molar-refractivity contribution in [1.82, 2.24) is 4.90 Å². The largest absolute Gasteiger partial charge is 0.323 e. The minimum atomic E-state index is -0.829. The molecule has 1 saturated heterocycles. The second-order valence-electron chi connectivity index (χ2n) is 5.93. The summed E-state index contributed by atoms with van der Waals surface area (Å²) in [4.78, 5) is 2.28. The second kappa shape index (κ2) is 4.94. The molecule has 1 aromatic rings. The van der Waals surface area contributed by atoms with Crippen LogP contribution < -0.4 is 5.73 Å². The number of likely N-dealkylation sites (tertiary alicyclic amines) is 1. The second-order valence-corrected chi connectivity index (χ2v) is 5.93. The smallest absolute Gasteiger partial charge is 0.159 e. The van der Waals surface area contributed by atoms with Crippen LogP contribution in [0.25, 0.3) is 0 Å². The van der Waals surface area contributed by atoms with Crippen molar-refractivity contribution in [2.45, 2.75) is 26.3 Å². The molecule has 1 unspecified atom stereocenters. The van der Waals surface area contributed by atoms with Crippen LogP contribution in [0.3, 0.4) is 0 Å². The summed E-state index contributed by atoms with van der Waals surface area (Å²) >= 11 is 0. The van der Waals surface area contributed by atoms with Gasteiger partial charge in [-0.3, -0.25) is 0 Å². The van der Waals surface area contributed by atoms with Crippen molar-refractivity contribution >= 4 is 0 Å². The Hall–Kier alpha value is -1.00. The van der Waals surface area contributed by atoms with E-state index in [-0.39, 0.29) is 6.04 Å². The lowest BCUT2D eigenvalue weighted by Gasteiger charge is -2.23. The van der Waals surface area contributed by atoms with E-state index >= 15 is 0 Å². The standard InChI is InChI=1S/C14H20F2N2/c1-14(2)5-6-18(9-14)8-13(17)10-3-4-11(15)12(16)7-10/h3-4,7,13H,5-6,8-9,17H2,1-2H3. The minimum Gasteiger partial charge on any atom is -0.323 e. The molecule has 100 valence electrons. The summed E-state index contributed by atoms with van der Waals surface area (Å²) in [5.74, 6) is -1.65. The number of benzene rings is 1. The Balaban J connectivity index is 1.99. The van der Waals surface area contributed by atoms with Gasteiger partial charge in [0.15, 0.2) is 11.6 Å². The van der Waals surface area contributed by atoms with Crippen LogP contribution in [0.1, 0.15) is 31.9 Å². The zero-order valence-corrected chi connectivity index (χ0v) is 10.9. The Kier molecular flexibility index (Phi) is 3.69. The van der Waals surface area contributed by atoms with Gasteiger partial charge in [-0.2, -0.15) is 0 Å². The first-order valence-electron chi connectivity index (χ1n) is 6.30. The number of hydrogen-bond acceptors (Lipinski definition) is 2. The molecule has 2 nitrogen and oxygen atoms in total. The van der Waals surface area contributed by atoms with Crippen molar-refractivity contribution in [3.63, 3.8) is 0 Å². The van der Waals surface area contributed by atoms with Crippen LogP contribution in [0.5, 0.6) is 0 Å². The number of hydrogen-bond donors (Lipinski definition) is 1.